The molecule has 0 aliphatic heterocycles. The lowest BCUT2D eigenvalue weighted by molar-refractivity contribution is -0.121. The minimum absolute atomic E-state index is 0.0635. The molecule has 0 aliphatic carbocycles. The summed E-state index contributed by atoms with van der Waals surface area (Å²) in [6.07, 6.45) is 1.98. The van der Waals surface area contributed by atoms with E-state index in [9.17, 15) is 9.59 Å². The Hall–Kier alpha value is -1.89. The number of aromatic nitrogens is 2. The highest BCUT2D eigenvalue weighted by Crippen LogP contribution is 2.21. The van der Waals surface area contributed by atoms with Crippen molar-refractivity contribution in [2.45, 2.75) is 13.0 Å². The van der Waals surface area contributed by atoms with E-state index in [0.29, 0.717) is 33.2 Å². The first-order valence-corrected chi connectivity index (χ1v) is 8.81. The van der Waals surface area contributed by atoms with E-state index < -0.39 is 0 Å². The number of nitrogens with zero attached hydrogens (tertiary/aromatic N) is 2. The third-order valence-corrected chi connectivity index (χ3v) is 4.90. The molecule has 1 amide bonds. The highest BCUT2D eigenvalue weighted by molar-refractivity contribution is 7.16. The van der Waals surface area contributed by atoms with Crippen LogP contribution in [0.15, 0.2) is 40.8 Å². The fourth-order valence-corrected chi connectivity index (χ4v) is 3.50. The normalized spacial score (nSPS) is 10.9. The Morgan fingerprint density at radius 1 is 1.29 bits per heavy atom. The van der Waals surface area contributed by atoms with Crippen LogP contribution in [-0.4, -0.2) is 22.0 Å². The Labute approximate surface area is 151 Å². The van der Waals surface area contributed by atoms with Gasteiger partial charge in [0.2, 0.25) is 5.91 Å². The van der Waals surface area contributed by atoms with Crippen molar-refractivity contribution in [3.63, 3.8) is 0 Å². The van der Waals surface area contributed by atoms with Gasteiger partial charge in [-0.2, -0.15) is 0 Å². The summed E-state index contributed by atoms with van der Waals surface area (Å²) in [6, 6.07) is 6.97. The number of fused-ring (bicyclic) bond motifs is 1. The molecule has 3 aromatic rings. The van der Waals surface area contributed by atoms with Gasteiger partial charge in [0.1, 0.15) is 11.4 Å². The lowest BCUT2D eigenvalue weighted by atomic mass is 10.1. The number of rotatable bonds is 5. The molecule has 2 heterocycles. The first-order chi connectivity index (χ1) is 11.5. The van der Waals surface area contributed by atoms with Gasteiger partial charge in [0.05, 0.1) is 11.7 Å². The van der Waals surface area contributed by atoms with Gasteiger partial charge in [-0.15, -0.1) is 11.3 Å². The molecule has 5 nitrogen and oxygen atoms in total. The van der Waals surface area contributed by atoms with Gasteiger partial charge in [-0.25, -0.2) is 4.98 Å². The fourth-order valence-electron chi connectivity index (χ4n) is 2.28. The Balaban J connectivity index is 1.59. The Morgan fingerprint density at radius 2 is 2.12 bits per heavy atom. The van der Waals surface area contributed by atoms with E-state index in [1.54, 1.807) is 23.6 Å². The third kappa shape index (κ3) is 3.77. The Bertz CT molecular complexity index is 952. The zero-order valence-corrected chi connectivity index (χ0v) is 14.8. The molecule has 0 spiro atoms. The van der Waals surface area contributed by atoms with Gasteiger partial charge < -0.3 is 5.32 Å². The average molecular weight is 382 g/mol. The van der Waals surface area contributed by atoms with Crippen molar-refractivity contribution in [3.8, 4) is 0 Å². The van der Waals surface area contributed by atoms with Gasteiger partial charge in [0, 0.05) is 16.6 Å². The van der Waals surface area contributed by atoms with E-state index in [1.807, 2.05) is 6.07 Å². The van der Waals surface area contributed by atoms with Crippen LogP contribution in [0, 0.1) is 0 Å². The minimum Gasteiger partial charge on any atom is -0.354 e. The summed E-state index contributed by atoms with van der Waals surface area (Å²) in [5, 5.41) is 6.25. The van der Waals surface area contributed by atoms with Crippen LogP contribution in [0.4, 0.5) is 0 Å². The summed E-state index contributed by atoms with van der Waals surface area (Å²) in [7, 11) is 0. The van der Waals surface area contributed by atoms with E-state index in [4.69, 9.17) is 23.2 Å². The standard InChI is InChI=1S/C16H13Cl2N3O2S/c17-11-2-1-10(13(18)7-11)3-5-19-14(22)8-21-9-20-15-12(16(21)23)4-6-24-15/h1-2,4,6-7,9H,3,5,8H2,(H,19,22). The zero-order chi connectivity index (χ0) is 17.1. The maximum atomic E-state index is 12.2. The predicted octanol–water partition coefficient (Wildman–Crippen LogP) is 3.12. The number of benzene rings is 1. The summed E-state index contributed by atoms with van der Waals surface area (Å²) in [5.74, 6) is -0.251. The number of hydrogen-bond acceptors (Lipinski definition) is 4. The molecule has 0 aliphatic rings. The first-order valence-electron chi connectivity index (χ1n) is 7.18. The molecule has 1 N–H and O–H groups in total. The van der Waals surface area contributed by atoms with Crippen LogP contribution in [0.5, 0.6) is 0 Å². The van der Waals surface area contributed by atoms with E-state index in [-0.39, 0.29) is 18.0 Å². The monoisotopic (exact) mass is 381 g/mol. The van der Waals surface area contributed by atoms with Gasteiger partial charge in [-0.1, -0.05) is 29.3 Å². The molecule has 0 saturated carbocycles. The number of nitrogens with one attached hydrogen (secondary N) is 1. The summed E-state index contributed by atoms with van der Waals surface area (Å²) < 4.78 is 1.31. The van der Waals surface area contributed by atoms with Crippen molar-refractivity contribution in [2.24, 2.45) is 0 Å². The van der Waals surface area contributed by atoms with Gasteiger partial charge in [0.25, 0.3) is 5.56 Å². The minimum atomic E-state index is -0.251. The molecular weight excluding hydrogens is 369 g/mol. The Morgan fingerprint density at radius 3 is 2.92 bits per heavy atom. The molecule has 0 atom stereocenters. The topological polar surface area (TPSA) is 64.0 Å². The average Bonchev–Trinajstić information content (AvgIpc) is 3.02. The molecule has 0 fully saturated rings. The van der Waals surface area contributed by atoms with Gasteiger partial charge in [-0.05, 0) is 35.6 Å². The number of thiophene rings is 1. The molecule has 2 aromatic heterocycles. The zero-order valence-electron chi connectivity index (χ0n) is 12.5. The molecule has 0 bridgehead atoms. The van der Waals surface area contributed by atoms with Crippen molar-refractivity contribution >= 4 is 50.7 Å². The van der Waals surface area contributed by atoms with E-state index in [0.717, 1.165) is 5.56 Å². The molecule has 124 valence electrons. The maximum Gasteiger partial charge on any atom is 0.262 e. The quantitative estimate of drug-likeness (QED) is 0.738. The second-order valence-electron chi connectivity index (χ2n) is 5.15. The maximum absolute atomic E-state index is 12.2. The lowest BCUT2D eigenvalue weighted by Gasteiger charge is -2.08. The molecular formula is C16H13Cl2N3O2S. The smallest absolute Gasteiger partial charge is 0.262 e. The van der Waals surface area contributed by atoms with E-state index >= 15 is 0 Å². The number of amides is 1. The van der Waals surface area contributed by atoms with Crippen molar-refractivity contribution in [1.82, 2.24) is 14.9 Å². The van der Waals surface area contributed by atoms with Crippen molar-refractivity contribution in [1.29, 1.82) is 0 Å². The Kier molecular flexibility index (Phi) is 5.18. The van der Waals surface area contributed by atoms with Crippen LogP contribution in [0.1, 0.15) is 5.56 Å². The molecule has 3 rings (SSSR count). The molecule has 0 saturated heterocycles. The summed E-state index contributed by atoms with van der Waals surface area (Å²) in [4.78, 5) is 29.1. The van der Waals surface area contributed by atoms with Crippen LogP contribution < -0.4 is 10.9 Å². The molecule has 1 aromatic carbocycles. The van der Waals surface area contributed by atoms with Crippen LogP contribution in [-0.2, 0) is 17.8 Å². The number of carbonyl (C=O) groups is 1. The second-order valence-corrected chi connectivity index (χ2v) is 6.89. The SMILES string of the molecule is O=C(Cn1cnc2sccc2c1=O)NCCc1ccc(Cl)cc1Cl. The summed E-state index contributed by atoms with van der Waals surface area (Å²) >= 11 is 13.3. The largest absolute Gasteiger partial charge is 0.354 e. The summed E-state index contributed by atoms with van der Waals surface area (Å²) in [6.45, 7) is 0.356. The number of halogens is 2. The highest BCUT2D eigenvalue weighted by atomic mass is 35.5. The van der Waals surface area contributed by atoms with Crippen molar-refractivity contribution in [3.05, 3.63) is 61.9 Å². The highest BCUT2D eigenvalue weighted by Gasteiger charge is 2.09. The van der Waals surface area contributed by atoms with Crippen LogP contribution in [0.25, 0.3) is 10.2 Å². The van der Waals surface area contributed by atoms with Gasteiger partial charge in [0.15, 0.2) is 0 Å². The molecule has 8 heteroatoms. The fraction of sp³-hybridized carbons (Fsp3) is 0.188. The molecule has 0 radical (unpaired) electrons. The van der Waals surface area contributed by atoms with Crippen LogP contribution in [0.3, 0.4) is 0 Å². The molecule has 0 unspecified atom stereocenters. The van der Waals surface area contributed by atoms with Gasteiger partial charge in [-0.3, -0.25) is 14.2 Å². The second kappa shape index (κ2) is 7.34. The predicted molar refractivity (Wildman–Crippen MR) is 97.1 cm³/mol. The first kappa shape index (κ1) is 17.0. The van der Waals surface area contributed by atoms with E-state index in [2.05, 4.69) is 10.3 Å². The lowest BCUT2D eigenvalue weighted by Crippen LogP contribution is -2.33. The molecule has 24 heavy (non-hydrogen) atoms. The van der Waals surface area contributed by atoms with E-state index in [1.165, 1.54) is 22.2 Å². The summed E-state index contributed by atoms with van der Waals surface area (Å²) in [5.41, 5.74) is 0.692. The number of hydrogen-bond donors (Lipinski definition) is 1. The van der Waals surface area contributed by atoms with Crippen LogP contribution in [0.2, 0.25) is 10.0 Å². The van der Waals surface area contributed by atoms with Crippen molar-refractivity contribution < 1.29 is 4.79 Å². The van der Waals surface area contributed by atoms with Crippen molar-refractivity contribution in [2.75, 3.05) is 6.54 Å². The van der Waals surface area contributed by atoms with Gasteiger partial charge >= 0.3 is 0 Å². The third-order valence-electron chi connectivity index (χ3n) is 3.50. The van der Waals surface area contributed by atoms with Crippen LogP contribution >= 0.6 is 34.5 Å². The number of carbonyl (C=O) groups excluding carboxylic acids is 1.